The van der Waals surface area contributed by atoms with Gasteiger partial charge in [0.25, 0.3) is 0 Å². The van der Waals surface area contributed by atoms with E-state index in [-0.39, 0.29) is 12.0 Å². The third kappa shape index (κ3) is 4.10. The van der Waals surface area contributed by atoms with E-state index >= 15 is 0 Å². The van der Waals surface area contributed by atoms with Crippen LogP contribution in [0, 0.1) is 0 Å². The van der Waals surface area contributed by atoms with Crippen molar-refractivity contribution < 1.29 is 9.53 Å². The smallest absolute Gasteiger partial charge is 0.238 e. The minimum absolute atomic E-state index is 0.0734. The molecule has 110 valence electrons. The van der Waals surface area contributed by atoms with Gasteiger partial charge in [-0.15, -0.1) is 0 Å². The predicted molar refractivity (Wildman–Crippen MR) is 81.0 cm³/mol. The summed E-state index contributed by atoms with van der Waals surface area (Å²) in [5.41, 5.74) is 6.88. The first-order chi connectivity index (χ1) is 9.58. The number of nitrogens with two attached hydrogens (primary N) is 1. The van der Waals surface area contributed by atoms with E-state index in [2.05, 4.69) is 17.1 Å². The lowest BCUT2D eigenvalue weighted by Gasteiger charge is -2.31. The molecule has 1 aliphatic rings. The Morgan fingerprint density at radius 3 is 3.10 bits per heavy atom. The van der Waals surface area contributed by atoms with Crippen molar-refractivity contribution in [2.45, 2.75) is 19.4 Å². The van der Waals surface area contributed by atoms with Crippen LogP contribution in [0.3, 0.4) is 0 Å². The summed E-state index contributed by atoms with van der Waals surface area (Å²) in [4.78, 5) is 14.1. The standard InChI is InChI=1S/C14H20ClN3O2/c1-2-11-8-18(5-6-20-11)9-14(19)17-13-4-3-10(15)7-12(13)16/h3-4,7,11H,2,5-6,8-9,16H2,1H3,(H,17,19). The lowest BCUT2D eigenvalue weighted by molar-refractivity contribution is -0.119. The lowest BCUT2D eigenvalue weighted by atomic mass is 10.2. The highest BCUT2D eigenvalue weighted by molar-refractivity contribution is 6.31. The highest BCUT2D eigenvalue weighted by Crippen LogP contribution is 2.22. The van der Waals surface area contributed by atoms with E-state index in [0.29, 0.717) is 29.5 Å². The second-order valence-electron chi connectivity index (χ2n) is 4.92. The van der Waals surface area contributed by atoms with Crippen LogP contribution in [0.25, 0.3) is 0 Å². The molecule has 0 saturated carbocycles. The van der Waals surface area contributed by atoms with E-state index in [1.807, 2.05) is 0 Å². The topological polar surface area (TPSA) is 67.6 Å². The molecule has 1 fully saturated rings. The number of hydrogen-bond donors (Lipinski definition) is 2. The maximum absolute atomic E-state index is 12.0. The molecular weight excluding hydrogens is 278 g/mol. The van der Waals surface area contributed by atoms with E-state index in [0.717, 1.165) is 19.5 Å². The molecule has 1 unspecified atom stereocenters. The van der Waals surface area contributed by atoms with E-state index in [1.165, 1.54) is 0 Å². The minimum Gasteiger partial charge on any atom is -0.397 e. The first-order valence-corrected chi connectivity index (χ1v) is 7.15. The fraction of sp³-hybridized carbons (Fsp3) is 0.500. The van der Waals surface area contributed by atoms with Crippen LogP contribution in [0.1, 0.15) is 13.3 Å². The van der Waals surface area contributed by atoms with Gasteiger partial charge >= 0.3 is 0 Å². The van der Waals surface area contributed by atoms with Crippen LogP contribution in [-0.4, -0.2) is 43.2 Å². The van der Waals surface area contributed by atoms with Crippen LogP contribution in [0.4, 0.5) is 11.4 Å². The Labute approximate surface area is 124 Å². The van der Waals surface area contributed by atoms with Gasteiger partial charge in [0, 0.05) is 18.1 Å². The Morgan fingerprint density at radius 2 is 2.40 bits per heavy atom. The molecule has 20 heavy (non-hydrogen) atoms. The largest absolute Gasteiger partial charge is 0.397 e. The highest BCUT2D eigenvalue weighted by Gasteiger charge is 2.20. The third-order valence-corrected chi connectivity index (χ3v) is 3.57. The molecule has 0 radical (unpaired) electrons. The average Bonchev–Trinajstić information content (AvgIpc) is 2.42. The first kappa shape index (κ1) is 15.1. The van der Waals surface area contributed by atoms with Crippen molar-refractivity contribution in [1.29, 1.82) is 0 Å². The predicted octanol–water partition coefficient (Wildman–Crippen LogP) is 1.97. The average molecular weight is 298 g/mol. The van der Waals surface area contributed by atoms with Crippen LogP contribution in [0.5, 0.6) is 0 Å². The van der Waals surface area contributed by atoms with Gasteiger partial charge in [-0.2, -0.15) is 0 Å². The number of rotatable bonds is 4. The molecule has 1 aliphatic heterocycles. The van der Waals surface area contributed by atoms with Crippen molar-refractivity contribution in [3.63, 3.8) is 0 Å². The molecule has 1 atom stereocenters. The van der Waals surface area contributed by atoms with Gasteiger partial charge in [0.05, 0.1) is 30.6 Å². The molecule has 0 aliphatic carbocycles. The molecular formula is C14H20ClN3O2. The zero-order valence-corrected chi connectivity index (χ0v) is 12.3. The minimum atomic E-state index is -0.0734. The molecule has 6 heteroatoms. The lowest BCUT2D eigenvalue weighted by Crippen LogP contribution is -2.45. The van der Waals surface area contributed by atoms with Crippen molar-refractivity contribution in [3.8, 4) is 0 Å². The van der Waals surface area contributed by atoms with Gasteiger partial charge in [-0.05, 0) is 24.6 Å². The quantitative estimate of drug-likeness (QED) is 0.834. The zero-order chi connectivity index (χ0) is 14.5. The number of carbonyl (C=O) groups excluding carboxylic acids is 1. The normalized spacial score (nSPS) is 19.8. The number of ether oxygens (including phenoxy) is 1. The van der Waals surface area contributed by atoms with Gasteiger partial charge < -0.3 is 15.8 Å². The Kier molecular flexibility index (Phi) is 5.23. The number of anilines is 2. The van der Waals surface area contributed by atoms with Crippen molar-refractivity contribution in [1.82, 2.24) is 4.90 Å². The summed E-state index contributed by atoms with van der Waals surface area (Å²) >= 11 is 5.83. The van der Waals surface area contributed by atoms with Gasteiger partial charge in [-0.3, -0.25) is 9.69 Å². The molecule has 0 spiro atoms. The summed E-state index contributed by atoms with van der Waals surface area (Å²) in [7, 11) is 0. The molecule has 1 amide bonds. The Bertz CT molecular complexity index is 481. The number of hydrogen-bond acceptors (Lipinski definition) is 4. The zero-order valence-electron chi connectivity index (χ0n) is 11.6. The second kappa shape index (κ2) is 6.92. The molecule has 0 aromatic heterocycles. The number of amides is 1. The van der Waals surface area contributed by atoms with E-state index in [4.69, 9.17) is 22.1 Å². The van der Waals surface area contributed by atoms with Crippen molar-refractivity contribution in [3.05, 3.63) is 23.2 Å². The summed E-state index contributed by atoms with van der Waals surface area (Å²) in [5.74, 6) is -0.0734. The number of halogens is 1. The number of nitrogens with zero attached hydrogens (tertiary/aromatic N) is 1. The summed E-state index contributed by atoms with van der Waals surface area (Å²) in [6.07, 6.45) is 1.18. The number of nitrogen functional groups attached to an aromatic ring is 1. The van der Waals surface area contributed by atoms with Gasteiger partial charge in [0.15, 0.2) is 0 Å². The van der Waals surface area contributed by atoms with E-state index in [9.17, 15) is 4.79 Å². The maximum atomic E-state index is 12.0. The molecule has 2 rings (SSSR count). The number of benzene rings is 1. The van der Waals surface area contributed by atoms with Gasteiger partial charge in [-0.1, -0.05) is 18.5 Å². The summed E-state index contributed by atoms with van der Waals surface area (Å²) < 4.78 is 5.58. The molecule has 5 nitrogen and oxygen atoms in total. The summed E-state index contributed by atoms with van der Waals surface area (Å²) in [5, 5.41) is 3.37. The Morgan fingerprint density at radius 1 is 1.60 bits per heavy atom. The van der Waals surface area contributed by atoms with Crippen LogP contribution in [-0.2, 0) is 9.53 Å². The maximum Gasteiger partial charge on any atom is 0.238 e. The fourth-order valence-electron chi connectivity index (χ4n) is 2.21. The fourth-order valence-corrected chi connectivity index (χ4v) is 2.39. The Balaban J connectivity index is 1.88. The number of nitrogens with one attached hydrogen (secondary N) is 1. The van der Waals surface area contributed by atoms with E-state index in [1.54, 1.807) is 18.2 Å². The molecule has 3 N–H and O–H groups in total. The first-order valence-electron chi connectivity index (χ1n) is 6.77. The third-order valence-electron chi connectivity index (χ3n) is 3.33. The van der Waals surface area contributed by atoms with Crippen molar-refractivity contribution in [2.24, 2.45) is 0 Å². The molecule has 1 aromatic carbocycles. The SMILES string of the molecule is CCC1CN(CC(=O)Nc2ccc(Cl)cc2N)CCO1. The Hall–Kier alpha value is -1.30. The van der Waals surface area contributed by atoms with Crippen molar-refractivity contribution >= 4 is 28.9 Å². The summed E-state index contributed by atoms with van der Waals surface area (Å²) in [6, 6.07) is 5.04. The molecule has 1 saturated heterocycles. The highest BCUT2D eigenvalue weighted by atomic mass is 35.5. The molecule has 0 bridgehead atoms. The monoisotopic (exact) mass is 297 g/mol. The number of morpholine rings is 1. The number of carbonyl (C=O) groups is 1. The van der Waals surface area contributed by atoms with Crippen LogP contribution in [0.15, 0.2) is 18.2 Å². The van der Waals surface area contributed by atoms with Gasteiger partial charge in [-0.25, -0.2) is 0 Å². The van der Waals surface area contributed by atoms with Crippen LogP contribution < -0.4 is 11.1 Å². The van der Waals surface area contributed by atoms with Crippen LogP contribution >= 0.6 is 11.6 Å². The van der Waals surface area contributed by atoms with E-state index < -0.39 is 0 Å². The summed E-state index contributed by atoms with van der Waals surface area (Å²) in [6.45, 7) is 4.68. The van der Waals surface area contributed by atoms with Gasteiger partial charge in [0.1, 0.15) is 0 Å². The second-order valence-corrected chi connectivity index (χ2v) is 5.35. The van der Waals surface area contributed by atoms with Crippen molar-refractivity contribution in [2.75, 3.05) is 37.3 Å². The van der Waals surface area contributed by atoms with Gasteiger partial charge in [0.2, 0.25) is 5.91 Å². The van der Waals surface area contributed by atoms with Crippen LogP contribution in [0.2, 0.25) is 5.02 Å². The molecule has 1 heterocycles. The molecule has 1 aromatic rings.